The van der Waals surface area contributed by atoms with Gasteiger partial charge >= 0.3 is 0 Å². The minimum Gasteiger partial charge on any atom is -0.321 e. The first kappa shape index (κ1) is 12.7. The number of aromatic nitrogens is 1. The van der Waals surface area contributed by atoms with Gasteiger partial charge in [0.05, 0.1) is 6.04 Å². The number of pyridine rings is 1. The van der Waals surface area contributed by atoms with Crippen LogP contribution in [0.4, 0.5) is 0 Å². The molecule has 3 heteroatoms. The predicted molar refractivity (Wildman–Crippen MR) is 73.5 cm³/mol. The highest BCUT2D eigenvalue weighted by Gasteiger charge is 2.22. The van der Waals surface area contributed by atoms with Gasteiger partial charge in [-0.3, -0.25) is 9.78 Å². The zero-order valence-corrected chi connectivity index (χ0v) is 10.8. The fourth-order valence-electron chi connectivity index (χ4n) is 2.00. The number of hydrogen-bond donors (Lipinski definition) is 1. The maximum absolute atomic E-state index is 12.4. The van der Waals surface area contributed by atoms with Crippen molar-refractivity contribution in [3.05, 3.63) is 42.2 Å². The van der Waals surface area contributed by atoms with Gasteiger partial charge in [-0.15, -0.1) is 0 Å². The average molecular weight is 242 g/mol. The van der Waals surface area contributed by atoms with E-state index in [-0.39, 0.29) is 11.7 Å². The fourth-order valence-corrected chi connectivity index (χ4v) is 2.00. The molecule has 0 aliphatic rings. The van der Waals surface area contributed by atoms with Gasteiger partial charge in [-0.25, -0.2) is 0 Å². The third-order valence-corrected chi connectivity index (χ3v) is 3.49. The van der Waals surface area contributed by atoms with E-state index in [1.54, 1.807) is 12.4 Å². The van der Waals surface area contributed by atoms with Crippen LogP contribution in [0.25, 0.3) is 10.8 Å². The molecule has 2 rings (SSSR count). The van der Waals surface area contributed by atoms with Gasteiger partial charge in [0.1, 0.15) is 0 Å². The molecule has 1 heterocycles. The monoisotopic (exact) mass is 242 g/mol. The maximum atomic E-state index is 12.4. The molecule has 1 aromatic heterocycles. The zero-order valence-electron chi connectivity index (χ0n) is 10.8. The zero-order chi connectivity index (χ0) is 13.1. The highest BCUT2D eigenvalue weighted by Crippen LogP contribution is 2.20. The summed E-state index contributed by atoms with van der Waals surface area (Å²) in [7, 11) is 0. The van der Waals surface area contributed by atoms with E-state index in [9.17, 15) is 4.79 Å². The van der Waals surface area contributed by atoms with E-state index in [1.807, 2.05) is 38.1 Å². The van der Waals surface area contributed by atoms with Gasteiger partial charge in [0.15, 0.2) is 5.78 Å². The fraction of sp³-hybridized carbons (Fsp3) is 0.333. The molecule has 0 radical (unpaired) electrons. The van der Waals surface area contributed by atoms with E-state index < -0.39 is 6.04 Å². The van der Waals surface area contributed by atoms with E-state index in [1.165, 1.54) is 0 Å². The third-order valence-electron chi connectivity index (χ3n) is 3.49. The first-order valence-corrected chi connectivity index (χ1v) is 6.27. The van der Waals surface area contributed by atoms with E-state index in [4.69, 9.17) is 5.73 Å². The summed E-state index contributed by atoms with van der Waals surface area (Å²) < 4.78 is 0. The van der Waals surface area contributed by atoms with Crippen molar-refractivity contribution in [3.63, 3.8) is 0 Å². The highest BCUT2D eigenvalue weighted by molar-refractivity contribution is 6.10. The summed E-state index contributed by atoms with van der Waals surface area (Å²) in [6, 6.07) is 7.30. The molecule has 0 fully saturated rings. The van der Waals surface area contributed by atoms with Crippen LogP contribution >= 0.6 is 0 Å². The van der Waals surface area contributed by atoms with Crippen LogP contribution in [-0.4, -0.2) is 16.8 Å². The minimum absolute atomic E-state index is 0.0198. The van der Waals surface area contributed by atoms with Crippen molar-refractivity contribution in [1.82, 2.24) is 4.98 Å². The van der Waals surface area contributed by atoms with Crippen molar-refractivity contribution in [3.8, 4) is 0 Å². The summed E-state index contributed by atoms with van der Waals surface area (Å²) in [5.41, 5.74) is 6.64. The Labute approximate surface area is 107 Å². The van der Waals surface area contributed by atoms with E-state index in [0.29, 0.717) is 5.56 Å². The minimum atomic E-state index is -0.456. The highest BCUT2D eigenvalue weighted by atomic mass is 16.1. The number of carbonyl (C=O) groups excluding carboxylic acids is 1. The number of hydrogen-bond acceptors (Lipinski definition) is 3. The summed E-state index contributed by atoms with van der Waals surface area (Å²) in [6.45, 7) is 4.04. The van der Waals surface area contributed by atoms with Crippen molar-refractivity contribution in [1.29, 1.82) is 0 Å². The molecule has 0 amide bonds. The molecule has 94 valence electrons. The number of ketones is 1. The molecule has 2 atom stereocenters. The molecular formula is C15H18N2O. The second kappa shape index (κ2) is 5.27. The predicted octanol–water partition coefficient (Wildman–Crippen LogP) is 2.79. The molecule has 0 aliphatic carbocycles. The van der Waals surface area contributed by atoms with Crippen molar-refractivity contribution in [2.45, 2.75) is 26.3 Å². The molecular weight excluding hydrogens is 224 g/mol. The van der Waals surface area contributed by atoms with Crippen LogP contribution in [-0.2, 0) is 0 Å². The molecule has 2 N–H and O–H groups in total. The Hall–Kier alpha value is -1.74. The van der Waals surface area contributed by atoms with E-state index >= 15 is 0 Å². The summed E-state index contributed by atoms with van der Waals surface area (Å²) in [5.74, 6) is 0.158. The first-order chi connectivity index (χ1) is 8.65. The Morgan fingerprint density at radius 3 is 2.78 bits per heavy atom. The van der Waals surface area contributed by atoms with E-state index in [2.05, 4.69) is 4.98 Å². The van der Waals surface area contributed by atoms with Gasteiger partial charge in [0.2, 0.25) is 0 Å². The normalized spacial score (nSPS) is 14.4. The van der Waals surface area contributed by atoms with Gasteiger partial charge in [-0.05, 0) is 11.3 Å². The molecule has 1 aromatic carbocycles. The van der Waals surface area contributed by atoms with Crippen LogP contribution in [0.2, 0.25) is 0 Å². The number of benzene rings is 1. The molecule has 2 unspecified atom stereocenters. The summed E-state index contributed by atoms with van der Waals surface area (Å²) in [4.78, 5) is 16.5. The number of nitrogens with two attached hydrogens (primary N) is 1. The van der Waals surface area contributed by atoms with Gasteiger partial charge in [-0.1, -0.05) is 44.5 Å². The second-order valence-corrected chi connectivity index (χ2v) is 4.68. The lowest BCUT2D eigenvalue weighted by Crippen LogP contribution is -2.36. The first-order valence-electron chi connectivity index (χ1n) is 6.27. The Morgan fingerprint density at radius 2 is 2.06 bits per heavy atom. The Balaban J connectivity index is 2.45. The molecule has 0 saturated carbocycles. The van der Waals surface area contributed by atoms with Crippen LogP contribution in [0.1, 0.15) is 30.6 Å². The molecule has 3 nitrogen and oxygen atoms in total. The number of Topliss-reactive ketones (excluding diaryl/α,β-unsaturated/α-hetero) is 1. The van der Waals surface area contributed by atoms with Crippen LogP contribution in [0.3, 0.4) is 0 Å². The van der Waals surface area contributed by atoms with Crippen LogP contribution in [0.5, 0.6) is 0 Å². The largest absolute Gasteiger partial charge is 0.321 e. The van der Waals surface area contributed by atoms with Crippen LogP contribution in [0.15, 0.2) is 36.7 Å². The van der Waals surface area contributed by atoms with Crippen molar-refractivity contribution in [2.75, 3.05) is 0 Å². The topological polar surface area (TPSA) is 56.0 Å². The summed E-state index contributed by atoms with van der Waals surface area (Å²) in [5, 5.41) is 1.90. The standard InChI is InChI=1S/C15H18N2O/c1-3-10(2)14(16)15(18)13-9-17-8-11-6-4-5-7-12(11)13/h4-10,14H,3,16H2,1-2H3. The Morgan fingerprint density at radius 1 is 1.33 bits per heavy atom. The number of carbonyl (C=O) groups is 1. The third kappa shape index (κ3) is 2.27. The molecule has 0 aliphatic heterocycles. The lowest BCUT2D eigenvalue weighted by Gasteiger charge is -2.17. The molecule has 0 saturated heterocycles. The van der Waals surface area contributed by atoms with Crippen LogP contribution in [0, 0.1) is 5.92 Å². The van der Waals surface area contributed by atoms with Crippen molar-refractivity contribution < 1.29 is 4.79 Å². The number of nitrogens with zero attached hydrogens (tertiary/aromatic N) is 1. The quantitative estimate of drug-likeness (QED) is 0.839. The number of rotatable bonds is 4. The van der Waals surface area contributed by atoms with Crippen LogP contribution < -0.4 is 5.73 Å². The Kier molecular flexibility index (Phi) is 3.72. The maximum Gasteiger partial charge on any atom is 0.181 e. The van der Waals surface area contributed by atoms with E-state index in [0.717, 1.165) is 17.2 Å². The van der Waals surface area contributed by atoms with Gasteiger partial charge in [-0.2, -0.15) is 0 Å². The molecule has 2 aromatic rings. The van der Waals surface area contributed by atoms with Crippen molar-refractivity contribution >= 4 is 16.6 Å². The van der Waals surface area contributed by atoms with Gasteiger partial charge < -0.3 is 5.73 Å². The second-order valence-electron chi connectivity index (χ2n) is 4.68. The SMILES string of the molecule is CCC(C)C(N)C(=O)c1cncc2ccccc12. The lowest BCUT2D eigenvalue weighted by molar-refractivity contribution is 0.0936. The van der Waals surface area contributed by atoms with Gasteiger partial charge in [0, 0.05) is 23.3 Å². The molecule has 0 bridgehead atoms. The van der Waals surface area contributed by atoms with Gasteiger partial charge in [0.25, 0.3) is 0 Å². The summed E-state index contributed by atoms with van der Waals surface area (Å²) in [6.07, 6.45) is 4.28. The Bertz CT molecular complexity index is 560. The smallest absolute Gasteiger partial charge is 0.181 e. The van der Waals surface area contributed by atoms with Crippen molar-refractivity contribution in [2.24, 2.45) is 11.7 Å². The average Bonchev–Trinajstić information content (AvgIpc) is 2.44. The summed E-state index contributed by atoms with van der Waals surface area (Å²) >= 11 is 0. The lowest BCUT2D eigenvalue weighted by atomic mass is 9.91. The molecule has 0 spiro atoms. The molecule has 18 heavy (non-hydrogen) atoms. The number of fused-ring (bicyclic) bond motifs is 1.